The van der Waals surface area contributed by atoms with Crippen molar-refractivity contribution in [2.24, 2.45) is 5.92 Å². The standard InChI is InChI=1S/C26H33N3O4/c1-17(2)14-29-11-10-23-22(15-29)28-26(31)20-7-4-18(3)24(12-20)32-16-25(30)27-13-19-5-8-21(33-23)9-6-19/h4-9,12,17,22-23H,10-11,13-16H2,1-3H3,(H,27,30)(H,28,31)/t22-,23-/m0/s1. The van der Waals surface area contributed by atoms with Gasteiger partial charge in [-0.25, -0.2) is 0 Å². The molecule has 2 aromatic carbocycles. The van der Waals surface area contributed by atoms with Crippen molar-refractivity contribution in [3.8, 4) is 11.5 Å². The number of rotatable bonds is 2. The van der Waals surface area contributed by atoms with Crippen LogP contribution in [0.1, 0.15) is 41.8 Å². The lowest BCUT2D eigenvalue weighted by molar-refractivity contribution is -0.123. The molecule has 1 saturated heterocycles. The van der Waals surface area contributed by atoms with Gasteiger partial charge in [-0.05, 0) is 54.7 Å². The molecule has 0 radical (unpaired) electrons. The minimum absolute atomic E-state index is 0.109. The van der Waals surface area contributed by atoms with E-state index in [-0.39, 0.29) is 30.6 Å². The average Bonchev–Trinajstić information content (AvgIpc) is 2.79. The number of benzene rings is 2. The summed E-state index contributed by atoms with van der Waals surface area (Å²) in [6, 6.07) is 12.9. The maximum absolute atomic E-state index is 13.2. The smallest absolute Gasteiger partial charge is 0.258 e. The Morgan fingerprint density at radius 2 is 1.91 bits per heavy atom. The maximum Gasteiger partial charge on any atom is 0.258 e. The molecule has 7 heteroatoms. The first-order chi connectivity index (χ1) is 15.9. The highest BCUT2D eigenvalue weighted by molar-refractivity contribution is 5.95. The van der Waals surface area contributed by atoms with Crippen molar-refractivity contribution in [3.63, 3.8) is 0 Å². The van der Waals surface area contributed by atoms with E-state index in [1.807, 2.05) is 37.3 Å². The number of amides is 2. The number of fused-ring (bicyclic) bond motifs is 7. The van der Waals surface area contributed by atoms with Gasteiger partial charge < -0.3 is 25.0 Å². The van der Waals surface area contributed by atoms with Crippen LogP contribution in [0.25, 0.3) is 0 Å². The minimum atomic E-state index is -0.217. The molecule has 2 amide bonds. The van der Waals surface area contributed by atoms with Crippen LogP contribution in [0.15, 0.2) is 42.5 Å². The van der Waals surface area contributed by atoms with Crippen molar-refractivity contribution in [3.05, 3.63) is 59.2 Å². The third-order valence-electron chi connectivity index (χ3n) is 6.08. The number of likely N-dealkylation sites (tertiary alicyclic amines) is 1. The molecule has 1 fully saturated rings. The quantitative estimate of drug-likeness (QED) is 0.734. The van der Waals surface area contributed by atoms with Crippen molar-refractivity contribution in [2.45, 2.75) is 45.9 Å². The van der Waals surface area contributed by atoms with Crippen LogP contribution in [-0.4, -0.2) is 55.1 Å². The normalized spacial score (nSPS) is 21.9. The van der Waals surface area contributed by atoms with E-state index >= 15 is 0 Å². The molecular weight excluding hydrogens is 418 g/mol. The largest absolute Gasteiger partial charge is 0.488 e. The second-order valence-electron chi connectivity index (χ2n) is 9.37. The number of carbonyl (C=O) groups is 2. The molecule has 0 aromatic heterocycles. The molecule has 176 valence electrons. The molecule has 0 unspecified atom stereocenters. The summed E-state index contributed by atoms with van der Waals surface area (Å²) in [5.74, 6) is 1.45. The molecule has 2 aromatic rings. The number of carbonyl (C=O) groups excluding carboxylic acids is 2. The van der Waals surface area contributed by atoms with E-state index in [0.29, 0.717) is 23.8 Å². The Bertz CT molecular complexity index is 990. The third kappa shape index (κ3) is 6.05. The lowest BCUT2D eigenvalue weighted by Gasteiger charge is -2.39. The Labute approximate surface area is 195 Å². The lowest BCUT2D eigenvalue weighted by atomic mass is 9.99. The second-order valence-corrected chi connectivity index (χ2v) is 9.37. The van der Waals surface area contributed by atoms with Crippen LogP contribution in [0.4, 0.5) is 0 Å². The lowest BCUT2D eigenvalue weighted by Crippen LogP contribution is -2.57. The van der Waals surface area contributed by atoms with Crippen molar-refractivity contribution in [2.75, 3.05) is 26.2 Å². The Morgan fingerprint density at radius 3 is 2.67 bits per heavy atom. The predicted octanol–water partition coefficient (Wildman–Crippen LogP) is 2.91. The van der Waals surface area contributed by atoms with Gasteiger partial charge >= 0.3 is 0 Å². The number of hydrogen-bond acceptors (Lipinski definition) is 5. The van der Waals surface area contributed by atoms with Crippen LogP contribution in [-0.2, 0) is 11.3 Å². The highest BCUT2D eigenvalue weighted by Gasteiger charge is 2.32. The summed E-state index contributed by atoms with van der Waals surface area (Å²) in [6.07, 6.45) is 0.706. The predicted molar refractivity (Wildman–Crippen MR) is 127 cm³/mol. The van der Waals surface area contributed by atoms with E-state index in [9.17, 15) is 9.59 Å². The van der Waals surface area contributed by atoms with Crippen LogP contribution in [0.2, 0.25) is 0 Å². The summed E-state index contributed by atoms with van der Waals surface area (Å²) in [6.45, 7) is 9.27. The van der Waals surface area contributed by atoms with Gasteiger partial charge in [-0.15, -0.1) is 0 Å². The molecule has 3 aliphatic heterocycles. The molecule has 7 nitrogen and oxygen atoms in total. The Kier molecular flexibility index (Phi) is 7.18. The molecule has 0 saturated carbocycles. The van der Waals surface area contributed by atoms with E-state index in [0.717, 1.165) is 42.9 Å². The zero-order valence-electron chi connectivity index (χ0n) is 19.6. The first-order valence-corrected chi connectivity index (χ1v) is 11.7. The topological polar surface area (TPSA) is 79.9 Å². The van der Waals surface area contributed by atoms with Gasteiger partial charge in [0.05, 0.1) is 6.04 Å². The minimum Gasteiger partial charge on any atom is -0.488 e. The average molecular weight is 452 g/mol. The van der Waals surface area contributed by atoms with Gasteiger partial charge in [0.1, 0.15) is 17.6 Å². The Balaban J connectivity index is 1.62. The van der Waals surface area contributed by atoms with E-state index < -0.39 is 0 Å². The fraction of sp³-hybridized carbons (Fsp3) is 0.462. The molecule has 4 bridgehead atoms. The van der Waals surface area contributed by atoms with E-state index in [1.54, 1.807) is 12.1 Å². The zero-order chi connectivity index (χ0) is 23.4. The van der Waals surface area contributed by atoms with Crippen LogP contribution >= 0.6 is 0 Å². The van der Waals surface area contributed by atoms with Gasteiger partial charge in [0.15, 0.2) is 6.61 Å². The number of piperidine rings is 1. The molecule has 2 atom stereocenters. The van der Waals surface area contributed by atoms with Crippen LogP contribution in [0, 0.1) is 12.8 Å². The van der Waals surface area contributed by atoms with Crippen LogP contribution < -0.4 is 20.1 Å². The van der Waals surface area contributed by atoms with Crippen LogP contribution in [0.5, 0.6) is 11.5 Å². The molecule has 3 heterocycles. The van der Waals surface area contributed by atoms with Gasteiger partial charge in [-0.3, -0.25) is 9.59 Å². The van der Waals surface area contributed by atoms with Crippen LogP contribution in [0.3, 0.4) is 0 Å². The third-order valence-corrected chi connectivity index (χ3v) is 6.08. The molecular formula is C26H33N3O4. The molecule has 0 spiro atoms. The van der Waals surface area contributed by atoms with E-state index in [1.165, 1.54) is 0 Å². The molecule has 2 N–H and O–H groups in total. The highest BCUT2D eigenvalue weighted by Crippen LogP contribution is 2.23. The molecule has 5 rings (SSSR count). The number of ether oxygens (including phenoxy) is 2. The summed E-state index contributed by atoms with van der Waals surface area (Å²) in [7, 11) is 0. The second kappa shape index (κ2) is 10.3. The van der Waals surface area contributed by atoms with Crippen molar-refractivity contribution < 1.29 is 19.1 Å². The Morgan fingerprint density at radius 1 is 1.12 bits per heavy atom. The maximum atomic E-state index is 13.2. The first kappa shape index (κ1) is 23.1. The SMILES string of the molecule is Cc1ccc2cc1OCC(=O)NCc1ccc(cc1)O[C@H]1CCN(CC(C)C)C[C@@H]1NC2=O. The summed E-state index contributed by atoms with van der Waals surface area (Å²) in [5.41, 5.74) is 2.35. The van der Waals surface area contributed by atoms with Gasteiger partial charge in [0.2, 0.25) is 0 Å². The number of hydrogen-bond donors (Lipinski definition) is 2. The zero-order valence-corrected chi connectivity index (χ0v) is 19.6. The van der Waals surface area contributed by atoms with Gasteiger partial charge in [-0.2, -0.15) is 0 Å². The fourth-order valence-electron chi connectivity index (χ4n) is 4.36. The number of aryl methyl sites for hydroxylation is 1. The fourth-order valence-corrected chi connectivity index (χ4v) is 4.36. The summed E-state index contributed by atoms with van der Waals surface area (Å²) in [4.78, 5) is 27.8. The number of nitrogens with one attached hydrogen (secondary N) is 2. The monoisotopic (exact) mass is 451 g/mol. The number of nitrogens with zero attached hydrogens (tertiary/aromatic N) is 1. The van der Waals surface area contributed by atoms with Gasteiger partial charge in [-0.1, -0.05) is 32.0 Å². The molecule has 0 aliphatic carbocycles. The van der Waals surface area contributed by atoms with Crippen molar-refractivity contribution in [1.82, 2.24) is 15.5 Å². The first-order valence-electron chi connectivity index (χ1n) is 11.7. The van der Waals surface area contributed by atoms with Crippen molar-refractivity contribution >= 4 is 11.8 Å². The van der Waals surface area contributed by atoms with Gasteiger partial charge in [0.25, 0.3) is 11.8 Å². The molecule has 33 heavy (non-hydrogen) atoms. The molecule has 3 aliphatic rings. The van der Waals surface area contributed by atoms with Gasteiger partial charge in [0, 0.05) is 31.7 Å². The summed E-state index contributed by atoms with van der Waals surface area (Å²) >= 11 is 0. The summed E-state index contributed by atoms with van der Waals surface area (Å²) < 4.78 is 12.1. The highest BCUT2D eigenvalue weighted by atomic mass is 16.5. The van der Waals surface area contributed by atoms with E-state index in [2.05, 4.69) is 29.4 Å². The summed E-state index contributed by atoms with van der Waals surface area (Å²) in [5, 5.41) is 6.07. The van der Waals surface area contributed by atoms with E-state index in [4.69, 9.17) is 9.47 Å². The Hall–Kier alpha value is -3.06. The van der Waals surface area contributed by atoms with Crippen molar-refractivity contribution in [1.29, 1.82) is 0 Å².